The number of halogens is 1. The lowest BCUT2D eigenvalue weighted by molar-refractivity contribution is 0.0677. The van der Waals surface area contributed by atoms with Gasteiger partial charge < -0.3 is 14.7 Å². The van der Waals surface area contributed by atoms with E-state index < -0.39 is 5.82 Å². The third-order valence-corrected chi connectivity index (χ3v) is 3.25. The molecule has 1 unspecified atom stereocenters. The molecule has 1 amide bonds. The number of carbonyl (C=O) groups is 1. The second kappa shape index (κ2) is 5.35. The lowest BCUT2D eigenvalue weighted by Crippen LogP contribution is -2.37. The van der Waals surface area contributed by atoms with Gasteiger partial charge in [0.25, 0.3) is 5.91 Å². The number of amides is 1. The van der Waals surface area contributed by atoms with Crippen LogP contribution in [0.5, 0.6) is 5.75 Å². The van der Waals surface area contributed by atoms with Crippen molar-refractivity contribution in [1.82, 2.24) is 4.90 Å². The van der Waals surface area contributed by atoms with Gasteiger partial charge in [-0.25, -0.2) is 4.39 Å². The Hall–Kier alpha value is -1.62. The molecule has 1 aliphatic rings. The fourth-order valence-electron chi connectivity index (χ4n) is 2.26. The van der Waals surface area contributed by atoms with Gasteiger partial charge in [-0.1, -0.05) is 0 Å². The zero-order valence-corrected chi connectivity index (χ0v) is 10.2. The molecule has 4 nitrogen and oxygen atoms in total. The van der Waals surface area contributed by atoms with Crippen LogP contribution in [0.4, 0.5) is 4.39 Å². The molecule has 5 heteroatoms. The van der Waals surface area contributed by atoms with Crippen molar-refractivity contribution in [3.63, 3.8) is 0 Å². The molecule has 0 saturated carbocycles. The number of methoxy groups -OCH3 is 1. The summed E-state index contributed by atoms with van der Waals surface area (Å²) in [5, 5.41) is 9.18. The number of carbonyl (C=O) groups excluding carboxylic acids is 1. The summed E-state index contributed by atoms with van der Waals surface area (Å²) in [6.45, 7) is 0.558. The van der Waals surface area contributed by atoms with E-state index in [0.29, 0.717) is 6.54 Å². The summed E-state index contributed by atoms with van der Waals surface area (Å²) in [5.74, 6) is -0.678. The molecule has 98 valence electrons. The number of benzene rings is 1. The highest BCUT2D eigenvalue weighted by Crippen LogP contribution is 2.22. The van der Waals surface area contributed by atoms with Crippen LogP contribution in [0, 0.1) is 5.82 Å². The molecule has 1 N–H and O–H groups in total. The fraction of sp³-hybridized carbons (Fsp3) is 0.462. The van der Waals surface area contributed by atoms with Crippen LogP contribution in [0.15, 0.2) is 18.2 Å². The van der Waals surface area contributed by atoms with Crippen LogP contribution in [-0.2, 0) is 0 Å². The molecule has 0 aliphatic carbocycles. The topological polar surface area (TPSA) is 49.8 Å². The minimum Gasteiger partial charge on any atom is -0.494 e. The van der Waals surface area contributed by atoms with Gasteiger partial charge in [-0.15, -0.1) is 0 Å². The molecule has 1 saturated heterocycles. The maximum atomic E-state index is 13.5. The number of nitrogens with zero attached hydrogens (tertiary/aromatic N) is 1. The molecule has 1 aromatic rings. The molecular formula is C13H16FNO3. The molecule has 1 atom stereocenters. The Morgan fingerprint density at radius 2 is 2.39 bits per heavy atom. The van der Waals surface area contributed by atoms with Gasteiger partial charge in [0.1, 0.15) is 0 Å². The first kappa shape index (κ1) is 12.8. The van der Waals surface area contributed by atoms with Crippen LogP contribution in [0.1, 0.15) is 23.2 Å². The van der Waals surface area contributed by atoms with E-state index in [1.54, 1.807) is 4.90 Å². The van der Waals surface area contributed by atoms with Gasteiger partial charge in [-0.3, -0.25) is 4.79 Å². The summed E-state index contributed by atoms with van der Waals surface area (Å²) >= 11 is 0. The largest absolute Gasteiger partial charge is 0.494 e. The lowest BCUT2D eigenvalue weighted by atomic mass is 10.1. The third-order valence-electron chi connectivity index (χ3n) is 3.25. The highest BCUT2D eigenvalue weighted by Gasteiger charge is 2.29. The van der Waals surface area contributed by atoms with Crippen molar-refractivity contribution in [3.8, 4) is 5.75 Å². The molecule has 1 fully saturated rings. The minimum atomic E-state index is -0.553. The van der Waals surface area contributed by atoms with E-state index in [4.69, 9.17) is 4.74 Å². The number of rotatable bonds is 3. The predicted molar refractivity (Wildman–Crippen MR) is 64.1 cm³/mol. The second-order valence-corrected chi connectivity index (χ2v) is 4.33. The third kappa shape index (κ3) is 2.31. The van der Waals surface area contributed by atoms with Crippen molar-refractivity contribution >= 4 is 5.91 Å². The molecule has 0 radical (unpaired) electrons. The Bertz CT molecular complexity index is 450. The summed E-state index contributed by atoms with van der Waals surface area (Å²) in [6, 6.07) is 4.00. The van der Waals surface area contributed by atoms with Gasteiger partial charge in [0.05, 0.1) is 19.8 Å². The number of aliphatic hydroxyl groups excluding tert-OH is 1. The van der Waals surface area contributed by atoms with Gasteiger partial charge in [0.2, 0.25) is 0 Å². The van der Waals surface area contributed by atoms with Crippen molar-refractivity contribution in [2.45, 2.75) is 18.9 Å². The first-order valence-electron chi connectivity index (χ1n) is 5.92. The van der Waals surface area contributed by atoms with E-state index in [0.717, 1.165) is 12.8 Å². The maximum Gasteiger partial charge on any atom is 0.254 e. The van der Waals surface area contributed by atoms with Gasteiger partial charge >= 0.3 is 0 Å². The van der Waals surface area contributed by atoms with Crippen LogP contribution in [0.3, 0.4) is 0 Å². The average Bonchev–Trinajstić information content (AvgIpc) is 2.86. The van der Waals surface area contributed by atoms with E-state index in [1.807, 2.05) is 0 Å². The summed E-state index contributed by atoms with van der Waals surface area (Å²) in [4.78, 5) is 13.8. The van der Waals surface area contributed by atoms with Crippen LogP contribution in [0.2, 0.25) is 0 Å². The van der Waals surface area contributed by atoms with E-state index in [9.17, 15) is 14.3 Å². The Kier molecular flexibility index (Phi) is 3.81. The lowest BCUT2D eigenvalue weighted by Gasteiger charge is -2.23. The summed E-state index contributed by atoms with van der Waals surface area (Å²) < 4.78 is 18.3. The van der Waals surface area contributed by atoms with Gasteiger partial charge in [0.15, 0.2) is 11.6 Å². The molecular weight excluding hydrogens is 237 g/mol. The van der Waals surface area contributed by atoms with E-state index in [1.165, 1.54) is 25.3 Å². The maximum absolute atomic E-state index is 13.5. The van der Waals surface area contributed by atoms with E-state index >= 15 is 0 Å². The van der Waals surface area contributed by atoms with Crippen molar-refractivity contribution in [2.75, 3.05) is 20.3 Å². The molecule has 18 heavy (non-hydrogen) atoms. The van der Waals surface area contributed by atoms with E-state index in [2.05, 4.69) is 0 Å². The van der Waals surface area contributed by atoms with Gasteiger partial charge in [-0.2, -0.15) is 0 Å². The van der Waals surface area contributed by atoms with E-state index in [-0.39, 0.29) is 29.9 Å². The first-order valence-corrected chi connectivity index (χ1v) is 5.92. The molecule has 1 aromatic carbocycles. The molecule has 0 bridgehead atoms. The Labute approximate surface area is 105 Å². The predicted octanol–water partition coefficient (Wildman–Crippen LogP) is 1.43. The zero-order valence-electron chi connectivity index (χ0n) is 10.2. The average molecular weight is 253 g/mol. The molecule has 2 rings (SSSR count). The van der Waals surface area contributed by atoms with Crippen molar-refractivity contribution < 1.29 is 19.0 Å². The number of ether oxygens (including phenoxy) is 1. The Balaban J connectivity index is 2.21. The fourth-order valence-corrected chi connectivity index (χ4v) is 2.26. The number of hydrogen-bond acceptors (Lipinski definition) is 3. The highest BCUT2D eigenvalue weighted by molar-refractivity contribution is 5.94. The summed E-state index contributed by atoms with van der Waals surface area (Å²) in [7, 11) is 1.38. The Morgan fingerprint density at radius 3 is 3.00 bits per heavy atom. The van der Waals surface area contributed by atoms with Gasteiger partial charge in [-0.05, 0) is 31.0 Å². The number of aliphatic hydroxyl groups is 1. The number of hydrogen-bond donors (Lipinski definition) is 1. The summed E-state index contributed by atoms with van der Waals surface area (Å²) in [6.07, 6.45) is 1.66. The monoisotopic (exact) mass is 253 g/mol. The zero-order chi connectivity index (χ0) is 13.1. The molecule has 1 aliphatic heterocycles. The molecule has 0 spiro atoms. The Morgan fingerprint density at radius 1 is 1.61 bits per heavy atom. The van der Waals surface area contributed by atoms with Crippen LogP contribution >= 0.6 is 0 Å². The number of likely N-dealkylation sites (tertiary alicyclic amines) is 1. The smallest absolute Gasteiger partial charge is 0.254 e. The summed E-state index contributed by atoms with van der Waals surface area (Å²) in [5.41, 5.74) is 0.286. The quantitative estimate of drug-likeness (QED) is 0.886. The normalized spacial score (nSPS) is 19.1. The molecule has 1 heterocycles. The standard InChI is InChI=1S/C13H16FNO3/c1-18-12-5-4-9(7-11(12)14)13(17)15-6-2-3-10(15)8-16/h4-5,7,10,16H,2-3,6,8H2,1H3. The highest BCUT2D eigenvalue weighted by atomic mass is 19.1. The minimum absolute atomic E-state index is 0.0512. The van der Waals surface area contributed by atoms with Crippen LogP contribution < -0.4 is 4.74 Å². The van der Waals surface area contributed by atoms with Crippen molar-refractivity contribution in [2.24, 2.45) is 0 Å². The van der Waals surface area contributed by atoms with Crippen molar-refractivity contribution in [3.05, 3.63) is 29.6 Å². The van der Waals surface area contributed by atoms with Gasteiger partial charge in [0, 0.05) is 12.1 Å². The first-order chi connectivity index (χ1) is 8.67. The van der Waals surface area contributed by atoms with Crippen LogP contribution in [-0.4, -0.2) is 42.2 Å². The SMILES string of the molecule is COc1ccc(C(=O)N2CCCC2CO)cc1F. The second-order valence-electron chi connectivity index (χ2n) is 4.33. The van der Waals surface area contributed by atoms with Crippen molar-refractivity contribution in [1.29, 1.82) is 0 Å². The molecule has 0 aromatic heterocycles. The van der Waals surface area contributed by atoms with Crippen LogP contribution in [0.25, 0.3) is 0 Å².